The number of sulfonamides is 1. The summed E-state index contributed by atoms with van der Waals surface area (Å²) in [6, 6.07) is 2.97. The van der Waals surface area contributed by atoms with Gasteiger partial charge in [-0.3, -0.25) is 5.32 Å². The zero-order valence-corrected chi connectivity index (χ0v) is 14.6. The predicted molar refractivity (Wildman–Crippen MR) is 88.8 cm³/mol. The van der Waals surface area contributed by atoms with Gasteiger partial charge < -0.3 is 4.90 Å². The van der Waals surface area contributed by atoms with Gasteiger partial charge in [0.1, 0.15) is 10.7 Å². The van der Waals surface area contributed by atoms with E-state index >= 15 is 0 Å². The van der Waals surface area contributed by atoms with Crippen LogP contribution >= 0.6 is 0 Å². The topological polar surface area (TPSA) is 82.6 Å². The van der Waals surface area contributed by atoms with Gasteiger partial charge in [-0.05, 0) is 31.9 Å². The summed E-state index contributed by atoms with van der Waals surface area (Å²) in [5.41, 5.74) is 0. The molecule has 0 spiro atoms. The molecule has 8 heteroatoms. The standard InChI is InChI=1S/C15H24N4O3S/c1-12-7-5-4-6-10-19(12)15(20)17-14-9-8-13(11-16-14)23(21,22)18(2)3/h8-9,11-12H,4-7,10H2,1-3H3,(H,16,17,20)/t12-/m1/s1. The van der Waals surface area contributed by atoms with Crippen LogP contribution in [-0.2, 0) is 10.0 Å². The minimum absolute atomic E-state index is 0.101. The van der Waals surface area contributed by atoms with Crippen molar-refractivity contribution >= 4 is 21.9 Å². The summed E-state index contributed by atoms with van der Waals surface area (Å²) in [5, 5.41) is 2.75. The van der Waals surface area contributed by atoms with Gasteiger partial charge in [-0.15, -0.1) is 0 Å². The summed E-state index contributed by atoms with van der Waals surface area (Å²) in [5.74, 6) is 0.351. The molecule has 1 saturated heterocycles. The maximum Gasteiger partial charge on any atom is 0.323 e. The third-order valence-corrected chi connectivity index (χ3v) is 5.86. The van der Waals surface area contributed by atoms with Crippen molar-refractivity contribution in [3.8, 4) is 0 Å². The average Bonchev–Trinajstić information content (AvgIpc) is 2.72. The van der Waals surface area contributed by atoms with Crippen LogP contribution in [0.3, 0.4) is 0 Å². The number of urea groups is 1. The Bertz CT molecular complexity index is 643. The van der Waals surface area contributed by atoms with Crippen LogP contribution in [0.5, 0.6) is 0 Å². The molecular formula is C15H24N4O3S. The van der Waals surface area contributed by atoms with E-state index in [0.717, 1.165) is 36.5 Å². The Morgan fingerprint density at radius 2 is 2.04 bits per heavy atom. The van der Waals surface area contributed by atoms with Crippen molar-refractivity contribution in [1.29, 1.82) is 0 Å². The lowest BCUT2D eigenvalue weighted by atomic mass is 10.1. The minimum Gasteiger partial charge on any atom is -0.322 e. The highest BCUT2D eigenvalue weighted by atomic mass is 32.2. The summed E-state index contributed by atoms with van der Waals surface area (Å²) in [4.78, 5) is 18.3. The Kier molecular flexibility index (Phi) is 5.59. The summed E-state index contributed by atoms with van der Waals surface area (Å²) in [6.45, 7) is 2.78. The van der Waals surface area contributed by atoms with Crippen molar-refractivity contribution in [2.75, 3.05) is 26.0 Å². The van der Waals surface area contributed by atoms with Gasteiger partial charge in [0.05, 0.1) is 0 Å². The molecule has 2 heterocycles. The van der Waals surface area contributed by atoms with Gasteiger partial charge in [-0.1, -0.05) is 12.8 Å². The third kappa shape index (κ3) is 4.20. The number of carbonyl (C=O) groups excluding carboxylic acids is 1. The third-order valence-electron chi connectivity index (χ3n) is 4.06. The highest BCUT2D eigenvalue weighted by molar-refractivity contribution is 7.89. The molecule has 0 bridgehead atoms. The first-order chi connectivity index (χ1) is 10.8. The second kappa shape index (κ2) is 7.27. The Morgan fingerprint density at radius 3 is 2.65 bits per heavy atom. The van der Waals surface area contributed by atoms with Gasteiger partial charge in [0.25, 0.3) is 0 Å². The second-order valence-electron chi connectivity index (χ2n) is 5.99. The Morgan fingerprint density at radius 1 is 1.30 bits per heavy atom. The number of nitrogens with one attached hydrogen (secondary N) is 1. The summed E-state index contributed by atoms with van der Waals surface area (Å²) >= 11 is 0. The number of amides is 2. The van der Waals surface area contributed by atoms with Crippen LogP contribution in [0.15, 0.2) is 23.2 Å². The molecule has 1 N–H and O–H groups in total. The number of likely N-dealkylation sites (tertiary alicyclic amines) is 1. The number of hydrogen-bond acceptors (Lipinski definition) is 4. The van der Waals surface area contributed by atoms with Gasteiger partial charge in [0, 0.05) is 32.9 Å². The molecule has 128 valence electrons. The number of hydrogen-bond donors (Lipinski definition) is 1. The molecule has 1 atom stereocenters. The first-order valence-corrected chi connectivity index (χ1v) is 9.22. The molecule has 1 aliphatic heterocycles. The van der Waals surface area contributed by atoms with E-state index < -0.39 is 10.0 Å². The van der Waals surface area contributed by atoms with Crippen molar-refractivity contribution in [3.05, 3.63) is 18.3 Å². The van der Waals surface area contributed by atoms with E-state index in [1.165, 1.54) is 32.4 Å². The van der Waals surface area contributed by atoms with Crippen LogP contribution in [0.4, 0.5) is 10.6 Å². The Balaban J connectivity index is 2.07. The van der Waals surface area contributed by atoms with Gasteiger partial charge in [-0.25, -0.2) is 22.5 Å². The first kappa shape index (κ1) is 17.7. The highest BCUT2D eigenvalue weighted by Gasteiger charge is 2.22. The fourth-order valence-electron chi connectivity index (χ4n) is 2.58. The monoisotopic (exact) mass is 340 g/mol. The first-order valence-electron chi connectivity index (χ1n) is 7.78. The molecule has 7 nitrogen and oxygen atoms in total. The summed E-state index contributed by atoms with van der Waals surface area (Å²) in [6.07, 6.45) is 5.55. The van der Waals surface area contributed by atoms with Crippen molar-refractivity contribution in [2.24, 2.45) is 0 Å². The molecule has 1 aromatic heterocycles. The smallest absolute Gasteiger partial charge is 0.322 e. The van der Waals surface area contributed by atoms with E-state index in [4.69, 9.17) is 0 Å². The normalized spacial score (nSPS) is 19.5. The van der Waals surface area contributed by atoms with Crippen LogP contribution < -0.4 is 5.32 Å². The van der Waals surface area contributed by atoms with Crippen molar-refractivity contribution in [3.63, 3.8) is 0 Å². The number of carbonyl (C=O) groups is 1. The zero-order valence-electron chi connectivity index (χ0n) is 13.8. The van der Waals surface area contributed by atoms with Crippen LogP contribution in [-0.4, -0.2) is 55.3 Å². The van der Waals surface area contributed by atoms with Crippen molar-refractivity contribution in [1.82, 2.24) is 14.2 Å². The number of anilines is 1. The Labute approximate surface area is 137 Å². The molecule has 1 aromatic rings. The number of aromatic nitrogens is 1. The van der Waals surface area contributed by atoms with Crippen LogP contribution in [0, 0.1) is 0 Å². The molecule has 0 unspecified atom stereocenters. The summed E-state index contributed by atoms with van der Waals surface area (Å²) in [7, 11) is -0.580. The van der Waals surface area contributed by atoms with E-state index in [1.54, 1.807) is 0 Å². The van der Waals surface area contributed by atoms with E-state index in [-0.39, 0.29) is 17.0 Å². The van der Waals surface area contributed by atoms with Crippen LogP contribution in [0.1, 0.15) is 32.6 Å². The molecule has 0 aliphatic carbocycles. The molecular weight excluding hydrogens is 316 g/mol. The zero-order chi connectivity index (χ0) is 17.0. The van der Waals surface area contributed by atoms with E-state index in [0.29, 0.717) is 5.82 Å². The minimum atomic E-state index is -3.51. The average molecular weight is 340 g/mol. The quantitative estimate of drug-likeness (QED) is 0.914. The molecule has 23 heavy (non-hydrogen) atoms. The van der Waals surface area contributed by atoms with Crippen molar-refractivity contribution in [2.45, 2.75) is 43.5 Å². The largest absolute Gasteiger partial charge is 0.323 e. The fraction of sp³-hybridized carbons (Fsp3) is 0.600. The van der Waals surface area contributed by atoms with Crippen LogP contribution in [0.2, 0.25) is 0 Å². The molecule has 0 aromatic carbocycles. The van der Waals surface area contributed by atoms with Crippen molar-refractivity contribution < 1.29 is 13.2 Å². The molecule has 1 fully saturated rings. The van der Waals surface area contributed by atoms with Gasteiger partial charge in [0.15, 0.2) is 0 Å². The molecule has 0 radical (unpaired) electrons. The van der Waals surface area contributed by atoms with E-state index in [9.17, 15) is 13.2 Å². The van der Waals surface area contributed by atoms with Gasteiger partial charge in [0.2, 0.25) is 10.0 Å². The van der Waals surface area contributed by atoms with E-state index in [2.05, 4.69) is 10.3 Å². The lowest BCUT2D eigenvalue weighted by Gasteiger charge is -2.27. The molecule has 0 saturated carbocycles. The second-order valence-corrected chi connectivity index (χ2v) is 8.14. The number of rotatable bonds is 3. The molecule has 1 aliphatic rings. The van der Waals surface area contributed by atoms with Crippen LogP contribution in [0.25, 0.3) is 0 Å². The fourth-order valence-corrected chi connectivity index (χ4v) is 3.42. The van der Waals surface area contributed by atoms with E-state index in [1.807, 2.05) is 11.8 Å². The van der Waals surface area contributed by atoms with Gasteiger partial charge >= 0.3 is 6.03 Å². The lowest BCUT2D eigenvalue weighted by Crippen LogP contribution is -2.41. The number of nitrogens with zero attached hydrogens (tertiary/aromatic N) is 3. The number of pyridine rings is 1. The Hall–Kier alpha value is -1.67. The molecule has 2 rings (SSSR count). The summed E-state index contributed by atoms with van der Waals surface area (Å²) < 4.78 is 25.1. The van der Waals surface area contributed by atoms with Gasteiger partial charge in [-0.2, -0.15) is 0 Å². The molecule has 2 amide bonds. The maximum absolute atomic E-state index is 12.4. The lowest BCUT2D eigenvalue weighted by molar-refractivity contribution is 0.194. The maximum atomic E-state index is 12.4. The predicted octanol–water partition coefficient (Wildman–Crippen LogP) is 2.13. The SMILES string of the molecule is C[C@@H]1CCCCCN1C(=O)Nc1ccc(S(=O)(=O)N(C)C)cn1. The highest BCUT2D eigenvalue weighted by Crippen LogP contribution is 2.18.